The van der Waals surface area contributed by atoms with Crippen LogP contribution < -0.4 is 5.32 Å². The van der Waals surface area contributed by atoms with Crippen molar-refractivity contribution in [3.8, 4) is 0 Å². The molecule has 1 aliphatic heterocycles. The Morgan fingerprint density at radius 3 is 2.31 bits per heavy atom. The molecule has 32 heavy (non-hydrogen) atoms. The predicted molar refractivity (Wildman–Crippen MR) is 117 cm³/mol. The van der Waals surface area contributed by atoms with Crippen molar-refractivity contribution in [2.24, 2.45) is 11.8 Å². The summed E-state index contributed by atoms with van der Waals surface area (Å²) in [5.41, 5.74) is 0.438. The first kappa shape index (κ1) is 23.6. The van der Waals surface area contributed by atoms with Crippen LogP contribution in [0.25, 0.3) is 0 Å². The van der Waals surface area contributed by atoms with Crippen LogP contribution in [0.4, 0.5) is 8.78 Å². The Kier molecular flexibility index (Phi) is 7.72. The lowest BCUT2D eigenvalue weighted by atomic mass is 9.88. The van der Waals surface area contributed by atoms with E-state index in [1.54, 1.807) is 17.0 Å². The number of likely N-dealkylation sites (tertiary alicyclic amines) is 1. The number of carbonyl (C=O) groups excluding carboxylic acids is 3. The molecule has 2 aromatic rings. The summed E-state index contributed by atoms with van der Waals surface area (Å²) in [5.74, 6) is -2.62. The van der Waals surface area contributed by atoms with Gasteiger partial charge < -0.3 is 10.2 Å². The Bertz CT molecular complexity index is 970. The molecule has 0 aliphatic carbocycles. The quantitative estimate of drug-likeness (QED) is 0.651. The fraction of sp³-hybridized carbons (Fsp3) is 0.400. The number of piperidine rings is 1. The number of hydrogen-bond acceptors (Lipinski definition) is 3. The van der Waals surface area contributed by atoms with Gasteiger partial charge in [0.25, 0.3) is 0 Å². The summed E-state index contributed by atoms with van der Waals surface area (Å²) in [6, 6.07) is 11.1. The van der Waals surface area contributed by atoms with Crippen molar-refractivity contribution in [2.75, 3.05) is 13.1 Å². The summed E-state index contributed by atoms with van der Waals surface area (Å²) >= 11 is 0. The van der Waals surface area contributed by atoms with Gasteiger partial charge in [0.05, 0.1) is 5.56 Å². The first-order chi connectivity index (χ1) is 15.3. The van der Waals surface area contributed by atoms with Crippen molar-refractivity contribution in [2.45, 2.75) is 39.2 Å². The van der Waals surface area contributed by atoms with E-state index in [1.807, 2.05) is 32.0 Å². The highest BCUT2D eigenvalue weighted by Crippen LogP contribution is 2.26. The van der Waals surface area contributed by atoms with E-state index in [4.69, 9.17) is 0 Å². The van der Waals surface area contributed by atoms with Gasteiger partial charge in [0.1, 0.15) is 17.7 Å². The van der Waals surface area contributed by atoms with Crippen molar-refractivity contribution in [3.05, 3.63) is 71.3 Å². The van der Waals surface area contributed by atoms with Gasteiger partial charge in [-0.25, -0.2) is 8.78 Å². The molecule has 1 heterocycles. The smallest absolute Gasteiger partial charge is 0.249 e. The number of halogens is 2. The van der Waals surface area contributed by atoms with E-state index in [2.05, 4.69) is 5.32 Å². The topological polar surface area (TPSA) is 66.5 Å². The lowest BCUT2D eigenvalue weighted by molar-refractivity contribution is -0.137. The van der Waals surface area contributed by atoms with Crippen LogP contribution in [0, 0.1) is 23.5 Å². The summed E-state index contributed by atoms with van der Waals surface area (Å²) < 4.78 is 27.5. The van der Waals surface area contributed by atoms with Crippen LogP contribution in [-0.2, 0) is 9.59 Å². The van der Waals surface area contributed by atoms with Gasteiger partial charge in [-0.2, -0.15) is 0 Å². The molecule has 0 saturated carbocycles. The first-order valence-corrected chi connectivity index (χ1v) is 10.9. The second-order valence-electron chi connectivity index (χ2n) is 8.60. The Morgan fingerprint density at radius 2 is 1.69 bits per heavy atom. The maximum atomic E-state index is 14.0. The molecule has 1 N–H and O–H groups in total. The Balaban J connectivity index is 1.69. The number of hydrogen-bond donors (Lipinski definition) is 1. The number of amides is 2. The average molecular weight is 443 g/mol. The monoisotopic (exact) mass is 442 g/mol. The Labute approximate surface area is 186 Å². The molecule has 0 bridgehead atoms. The highest BCUT2D eigenvalue weighted by molar-refractivity contribution is 5.98. The summed E-state index contributed by atoms with van der Waals surface area (Å²) in [4.78, 5) is 40.0. The van der Waals surface area contributed by atoms with E-state index in [0.29, 0.717) is 37.9 Å². The molecule has 5 nitrogen and oxygen atoms in total. The SMILES string of the molecule is CC(C)CC(=O)NC(C(=O)N1CCC(C(=O)c2cc(F)ccc2F)CC1)c1ccccc1. The molecule has 3 rings (SSSR count). The van der Waals surface area contributed by atoms with Gasteiger partial charge in [0.2, 0.25) is 11.8 Å². The summed E-state index contributed by atoms with van der Waals surface area (Å²) in [6.07, 6.45) is 1.01. The summed E-state index contributed by atoms with van der Waals surface area (Å²) in [6.45, 7) is 4.47. The molecular formula is C25H28F2N2O3. The largest absolute Gasteiger partial charge is 0.341 e. The second-order valence-corrected chi connectivity index (χ2v) is 8.60. The molecule has 2 aromatic carbocycles. The van der Waals surface area contributed by atoms with Gasteiger partial charge in [-0.05, 0) is 42.5 Å². The maximum absolute atomic E-state index is 14.0. The molecule has 1 atom stereocenters. The zero-order valence-corrected chi connectivity index (χ0v) is 18.3. The first-order valence-electron chi connectivity index (χ1n) is 10.9. The summed E-state index contributed by atoms with van der Waals surface area (Å²) in [7, 11) is 0. The number of rotatable bonds is 7. The number of ketones is 1. The van der Waals surface area contributed by atoms with Crippen LogP contribution in [0.5, 0.6) is 0 Å². The van der Waals surface area contributed by atoms with Gasteiger partial charge in [-0.1, -0.05) is 44.2 Å². The third-order valence-electron chi connectivity index (χ3n) is 5.65. The molecule has 1 aliphatic rings. The fourth-order valence-corrected chi connectivity index (χ4v) is 3.97. The third kappa shape index (κ3) is 5.78. The highest BCUT2D eigenvalue weighted by atomic mass is 19.1. The van der Waals surface area contributed by atoms with Crippen LogP contribution in [0.15, 0.2) is 48.5 Å². The minimum Gasteiger partial charge on any atom is -0.341 e. The Hall–Kier alpha value is -3.09. The minimum atomic E-state index is -0.810. The van der Waals surface area contributed by atoms with E-state index in [9.17, 15) is 23.2 Å². The van der Waals surface area contributed by atoms with E-state index in [1.165, 1.54) is 0 Å². The number of nitrogens with one attached hydrogen (secondary N) is 1. The van der Waals surface area contributed by atoms with E-state index < -0.39 is 29.4 Å². The lowest BCUT2D eigenvalue weighted by Crippen LogP contribution is -2.47. The Morgan fingerprint density at radius 1 is 1.03 bits per heavy atom. The predicted octanol–water partition coefficient (Wildman–Crippen LogP) is 4.29. The number of carbonyl (C=O) groups is 3. The molecule has 2 amide bonds. The normalized spacial score (nSPS) is 15.5. The van der Waals surface area contributed by atoms with Crippen LogP contribution in [0.1, 0.15) is 55.1 Å². The highest BCUT2D eigenvalue weighted by Gasteiger charge is 2.33. The van der Waals surface area contributed by atoms with Crippen molar-refractivity contribution in [3.63, 3.8) is 0 Å². The lowest BCUT2D eigenvalue weighted by Gasteiger charge is -2.34. The van der Waals surface area contributed by atoms with E-state index in [0.717, 1.165) is 18.2 Å². The number of nitrogens with zero attached hydrogens (tertiary/aromatic N) is 1. The zero-order chi connectivity index (χ0) is 23.3. The van der Waals surface area contributed by atoms with Gasteiger partial charge in [0.15, 0.2) is 5.78 Å². The molecule has 7 heteroatoms. The van der Waals surface area contributed by atoms with Crippen LogP contribution >= 0.6 is 0 Å². The van der Waals surface area contributed by atoms with Gasteiger partial charge in [0, 0.05) is 25.4 Å². The molecular weight excluding hydrogens is 414 g/mol. The average Bonchev–Trinajstić information content (AvgIpc) is 2.78. The van der Waals surface area contributed by atoms with Crippen molar-refractivity contribution in [1.29, 1.82) is 0 Å². The van der Waals surface area contributed by atoms with Gasteiger partial charge in [-0.15, -0.1) is 0 Å². The van der Waals surface area contributed by atoms with Gasteiger partial charge >= 0.3 is 0 Å². The molecule has 1 fully saturated rings. The van der Waals surface area contributed by atoms with Crippen molar-refractivity contribution in [1.82, 2.24) is 10.2 Å². The van der Waals surface area contributed by atoms with Crippen LogP contribution in [-0.4, -0.2) is 35.6 Å². The van der Waals surface area contributed by atoms with Crippen molar-refractivity contribution < 1.29 is 23.2 Å². The third-order valence-corrected chi connectivity index (χ3v) is 5.65. The standard InChI is InChI=1S/C25H28F2N2O3/c1-16(2)14-22(30)28-23(17-6-4-3-5-7-17)25(32)29-12-10-18(11-13-29)24(31)20-15-19(26)8-9-21(20)27/h3-9,15-16,18,23H,10-14H2,1-2H3,(H,28,30). The molecule has 0 radical (unpaired) electrons. The van der Waals surface area contributed by atoms with Gasteiger partial charge in [-0.3, -0.25) is 14.4 Å². The zero-order valence-electron chi connectivity index (χ0n) is 18.3. The van der Waals surface area contributed by atoms with Crippen molar-refractivity contribution >= 4 is 17.6 Å². The molecule has 1 unspecified atom stereocenters. The molecule has 0 spiro atoms. The fourth-order valence-electron chi connectivity index (χ4n) is 3.97. The maximum Gasteiger partial charge on any atom is 0.249 e. The number of Topliss-reactive ketones (excluding diaryl/α,β-unsaturated/α-hetero) is 1. The molecule has 0 aromatic heterocycles. The van der Waals surface area contributed by atoms with E-state index >= 15 is 0 Å². The summed E-state index contributed by atoms with van der Waals surface area (Å²) in [5, 5.41) is 2.85. The minimum absolute atomic E-state index is 0.159. The van der Waals surface area contributed by atoms with Crippen LogP contribution in [0.2, 0.25) is 0 Å². The van der Waals surface area contributed by atoms with Crippen LogP contribution in [0.3, 0.4) is 0 Å². The molecule has 170 valence electrons. The second kappa shape index (κ2) is 10.5. The van der Waals surface area contributed by atoms with E-state index in [-0.39, 0.29) is 23.3 Å². The number of benzene rings is 2. The molecule has 1 saturated heterocycles.